The van der Waals surface area contributed by atoms with Crippen molar-refractivity contribution in [2.45, 2.75) is 45.8 Å². The summed E-state index contributed by atoms with van der Waals surface area (Å²) in [4.78, 5) is 25.2. The van der Waals surface area contributed by atoms with Gasteiger partial charge in [-0.3, -0.25) is 9.59 Å². The normalized spacial score (nSPS) is 32.6. The zero-order valence-corrected chi connectivity index (χ0v) is 13.1. The van der Waals surface area contributed by atoms with Crippen LogP contribution in [0.1, 0.15) is 40.0 Å². The first-order chi connectivity index (χ1) is 9.57. The van der Waals surface area contributed by atoms with Crippen molar-refractivity contribution in [2.75, 3.05) is 5.75 Å². The molecule has 2 heterocycles. The van der Waals surface area contributed by atoms with Gasteiger partial charge in [-0.15, -0.1) is 0 Å². The third-order valence-electron chi connectivity index (χ3n) is 4.48. The van der Waals surface area contributed by atoms with Crippen LogP contribution in [0, 0.1) is 11.3 Å². The summed E-state index contributed by atoms with van der Waals surface area (Å²) >= 11 is 0. The number of rotatable bonds is 0. The van der Waals surface area contributed by atoms with Gasteiger partial charge < -0.3 is 9.47 Å². The lowest BCUT2D eigenvalue weighted by atomic mass is 9.69. The van der Waals surface area contributed by atoms with E-state index in [2.05, 4.69) is 0 Å². The van der Waals surface area contributed by atoms with Gasteiger partial charge >= 0.3 is 11.9 Å². The highest BCUT2D eigenvalue weighted by molar-refractivity contribution is 7.95. The molecule has 0 saturated carbocycles. The van der Waals surface area contributed by atoms with E-state index < -0.39 is 33.0 Å². The Morgan fingerprint density at radius 3 is 2.29 bits per heavy atom. The van der Waals surface area contributed by atoms with E-state index in [4.69, 9.17) is 9.47 Å². The van der Waals surface area contributed by atoms with Gasteiger partial charge in [0.15, 0.2) is 15.3 Å². The van der Waals surface area contributed by atoms with Gasteiger partial charge in [0.25, 0.3) is 5.79 Å². The van der Waals surface area contributed by atoms with Crippen LogP contribution in [0.15, 0.2) is 10.5 Å². The number of cyclic esters (lactones) is 2. The Labute approximate surface area is 123 Å². The summed E-state index contributed by atoms with van der Waals surface area (Å²) in [5.74, 6) is -2.68. The quantitative estimate of drug-likeness (QED) is 0.495. The maximum atomic E-state index is 12.4. The maximum absolute atomic E-state index is 12.4. The summed E-state index contributed by atoms with van der Waals surface area (Å²) in [6.45, 7) is 4.69. The Morgan fingerprint density at radius 2 is 1.71 bits per heavy atom. The van der Waals surface area contributed by atoms with Crippen LogP contribution >= 0.6 is 0 Å². The summed E-state index contributed by atoms with van der Waals surface area (Å²) in [5, 5.41) is 0. The van der Waals surface area contributed by atoms with E-state index in [1.807, 2.05) is 0 Å². The van der Waals surface area contributed by atoms with Gasteiger partial charge in [0.1, 0.15) is 0 Å². The molecule has 3 aliphatic rings. The van der Waals surface area contributed by atoms with E-state index in [9.17, 15) is 18.0 Å². The number of hydrogen-bond acceptors (Lipinski definition) is 6. The molecule has 0 bridgehead atoms. The lowest BCUT2D eigenvalue weighted by molar-refractivity contribution is -0.252. The number of ether oxygens (including phenoxy) is 2. The molecule has 2 saturated heterocycles. The molecule has 1 spiro atoms. The van der Waals surface area contributed by atoms with Crippen LogP contribution < -0.4 is 0 Å². The fourth-order valence-corrected chi connectivity index (χ4v) is 5.82. The predicted molar refractivity (Wildman–Crippen MR) is 72.5 cm³/mol. The van der Waals surface area contributed by atoms with Crippen molar-refractivity contribution < 1.29 is 27.5 Å². The van der Waals surface area contributed by atoms with E-state index in [1.165, 1.54) is 13.8 Å². The van der Waals surface area contributed by atoms with Crippen molar-refractivity contribution in [1.82, 2.24) is 0 Å². The Morgan fingerprint density at radius 1 is 1.14 bits per heavy atom. The van der Waals surface area contributed by atoms with Crippen molar-refractivity contribution >= 4 is 21.8 Å². The van der Waals surface area contributed by atoms with Gasteiger partial charge in [-0.1, -0.05) is 5.57 Å². The van der Waals surface area contributed by atoms with Gasteiger partial charge in [0.2, 0.25) is 0 Å². The van der Waals surface area contributed by atoms with Gasteiger partial charge in [0.05, 0.1) is 5.75 Å². The second kappa shape index (κ2) is 4.09. The topological polar surface area (TPSA) is 86.7 Å². The van der Waals surface area contributed by atoms with Crippen molar-refractivity contribution in [3.05, 3.63) is 10.5 Å². The second-order valence-corrected chi connectivity index (χ2v) is 8.67. The van der Waals surface area contributed by atoms with E-state index in [1.54, 1.807) is 6.92 Å². The number of allylic oxidation sites excluding steroid dienone is 2. The molecule has 2 aliphatic heterocycles. The molecule has 7 heteroatoms. The molecule has 0 aromatic carbocycles. The van der Waals surface area contributed by atoms with Gasteiger partial charge in [-0.05, 0) is 32.1 Å². The van der Waals surface area contributed by atoms with Crippen molar-refractivity contribution in [2.24, 2.45) is 11.3 Å². The van der Waals surface area contributed by atoms with E-state index >= 15 is 0 Å². The van der Waals surface area contributed by atoms with E-state index in [0.29, 0.717) is 16.9 Å². The number of sulfone groups is 1. The molecule has 21 heavy (non-hydrogen) atoms. The fraction of sp³-hybridized carbons (Fsp3) is 0.714. The Balaban J connectivity index is 2.04. The maximum Gasteiger partial charge on any atom is 0.327 e. The third-order valence-corrected chi connectivity index (χ3v) is 6.61. The van der Waals surface area contributed by atoms with Crippen LogP contribution in [-0.4, -0.2) is 31.9 Å². The molecule has 2 fully saturated rings. The zero-order valence-electron chi connectivity index (χ0n) is 12.3. The highest BCUT2D eigenvalue weighted by atomic mass is 32.2. The molecule has 0 aromatic rings. The minimum absolute atomic E-state index is 0.0613. The molecule has 6 nitrogen and oxygen atoms in total. The first kappa shape index (κ1) is 14.6. The molecule has 0 aromatic heterocycles. The smallest absolute Gasteiger partial charge is 0.327 e. The highest BCUT2D eigenvalue weighted by Crippen LogP contribution is 2.52. The first-order valence-corrected chi connectivity index (χ1v) is 8.62. The highest BCUT2D eigenvalue weighted by Gasteiger charge is 2.60. The average molecular weight is 314 g/mol. The minimum atomic E-state index is -3.23. The van der Waals surface area contributed by atoms with Crippen LogP contribution in [0.25, 0.3) is 0 Å². The van der Waals surface area contributed by atoms with Gasteiger partial charge in [-0.2, -0.15) is 0 Å². The number of carbonyl (C=O) groups is 2. The molecule has 0 amide bonds. The summed E-state index contributed by atoms with van der Waals surface area (Å²) in [6, 6.07) is 0. The van der Waals surface area contributed by atoms with Crippen molar-refractivity contribution in [3.8, 4) is 0 Å². The van der Waals surface area contributed by atoms with Crippen LogP contribution in [0.3, 0.4) is 0 Å². The lowest BCUT2D eigenvalue weighted by Gasteiger charge is -2.43. The standard InChI is InChI=1S/C14H18O6S/c1-8-6-14(7-9-4-5-21(17,18)10(8)9)11(15)19-13(2,3)20-12(14)16/h9H,4-7H2,1-3H3/t9-/m0/s1. The summed E-state index contributed by atoms with van der Waals surface area (Å²) in [6.07, 6.45) is 0.666. The largest absolute Gasteiger partial charge is 0.422 e. The van der Waals surface area contributed by atoms with Crippen molar-refractivity contribution in [1.29, 1.82) is 0 Å². The third kappa shape index (κ3) is 2.01. The molecular formula is C14H18O6S. The number of esters is 2. The van der Waals surface area contributed by atoms with Crippen LogP contribution in [0.4, 0.5) is 0 Å². The molecule has 1 atom stereocenters. The van der Waals surface area contributed by atoms with Gasteiger partial charge in [-0.25, -0.2) is 8.42 Å². The van der Waals surface area contributed by atoms with Crippen LogP contribution in [-0.2, 0) is 28.9 Å². The minimum Gasteiger partial charge on any atom is -0.422 e. The monoisotopic (exact) mass is 314 g/mol. The number of fused-ring (bicyclic) bond motifs is 1. The average Bonchev–Trinajstić information content (AvgIpc) is 2.62. The van der Waals surface area contributed by atoms with Crippen molar-refractivity contribution in [3.63, 3.8) is 0 Å². The predicted octanol–water partition coefficient (Wildman–Crippen LogP) is 1.31. The molecular weight excluding hydrogens is 296 g/mol. The summed E-state index contributed by atoms with van der Waals surface area (Å²) < 4.78 is 34.6. The number of hydrogen-bond donors (Lipinski definition) is 0. The Kier molecular flexibility index (Phi) is 2.84. The summed E-state index contributed by atoms with van der Waals surface area (Å²) in [7, 11) is -3.23. The summed E-state index contributed by atoms with van der Waals surface area (Å²) in [5.41, 5.74) is -0.800. The molecule has 0 radical (unpaired) electrons. The first-order valence-electron chi connectivity index (χ1n) is 6.97. The van der Waals surface area contributed by atoms with E-state index in [0.717, 1.165) is 0 Å². The zero-order chi connectivity index (χ0) is 15.6. The van der Waals surface area contributed by atoms with Crippen LogP contribution in [0.5, 0.6) is 0 Å². The Bertz CT molecular complexity index is 650. The SMILES string of the molecule is CC1=C2[C@@H](CCS2(=O)=O)CC2(C1)C(=O)OC(C)(C)OC2=O. The molecule has 116 valence electrons. The molecule has 1 aliphatic carbocycles. The molecule has 0 N–H and O–H groups in total. The molecule has 3 rings (SSSR count). The number of carbonyl (C=O) groups excluding carboxylic acids is 2. The fourth-order valence-electron chi connectivity index (χ4n) is 3.69. The molecule has 0 unspecified atom stereocenters. The van der Waals surface area contributed by atoms with Crippen LogP contribution in [0.2, 0.25) is 0 Å². The Hall–Kier alpha value is -1.37. The lowest BCUT2D eigenvalue weighted by Crippen LogP contribution is -2.55. The second-order valence-electron chi connectivity index (χ2n) is 6.59. The van der Waals surface area contributed by atoms with Gasteiger partial charge in [0, 0.05) is 18.8 Å². The van der Waals surface area contributed by atoms with E-state index in [-0.39, 0.29) is 24.5 Å².